The van der Waals surface area contributed by atoms with Crippen molar-refractivity contribution in [3.8, 4) is 0 Å². The average Bonchev–Trinajstić information content (AvgIpc) is 2.71. The van der Waals surface area contributed by atoms with Crippen LogP contribution < -0.4 is 11.1 Å². The molecule has 6 nitrogen and oxygen atoms in total. The number of pyridine rings is 1. The predicted molar refractivity (Wildman–Crippen MR) is 76.3 cm³/mol. The number of nitrogens with zero attached hydrogens (tertiary/aromatic N) is 3. The van der Waals surface area contributed by atoms with E-state index in [0.29, 0.717) is 16.9 Å². The number of aryl methyl sites for hydroxylation is 1. The number of amides is 1. The van der Waals surface area contributed by atoms with Gasteiger partial charge in [-0.3, -0.25) is 14.5 Å². The first-order valence-electron chi connectivity index (χ1n) is 5.23. The van der Waals surface area contributed by atoms with Crippen LogP contribution in [0.5, 0.6) is 0 Å². The summed E-state index contributed by atoms with van der Waals surface area (Å²) in [5.41, 5.74) is 6.37. The summed E-state index contributed by atoms with van der Waals surface area (Å²) in [4.78, 5) is 16.1. The lowest BCUT2D eigenvalue weighted by Crippen LogP contribution is -2.19. The highest BCUT2D eigenvalue weighted by molar-refractivity contribution is 7.80. The number of thiocarbonyl (C=S) groups is 1. The summed E-state index contributed by atoms with van der Waals surface area (Å²) in [5, 5.41) is 6.94. The fraction of sp³-hybridized carbons (Fsp3) is 0.0909. The molecule has 0 atom stereocenters. The molecule has 0 unspecified atom stereocenters. The van der Waals surface area contributed by atoms with E-state index in [1.54, 1.807) is 7.05 Å². The smallest absolute Gasteiger partial charge is 0.258 e. The van der Waals surface area contributed by atoms with Gasteiger partial charge in [0.25, 0.3) is 5.91 Å². The predicted octanol–water partition coefficient (Wildman–Crippen LogP) is 1.35. The molecule has 0 saturated carbocycles. The van der Waals surface area contributed by atoms with Gasteiger partial charge < -0.3 is 11.1 Å². The number of hydrogen-bond donors (Lipinski definition) is 2. The second-order valence-corrected chi connectivity index (χ2v) is 4.55. The Morgan fingerprint density at radius 1 is 1.47 bits per heavy atom. The summed E-state index contributed by atoms with van der Waals surface area (Å²) < 4.78 is 1.47. The van der Waals surface area contributed by atoms with Crippen LogP contribution >= 0.6 is 23.8 Å². The quantitative estimate of drug-likeness (QED) is 0.835. The molecule has 19 heavy (non-hydrogen) atoms. The summed E-state index contributed by atoms with van der Waals surface area (Å²) in [6, 6.07) is 1.52. The standard InChI is InChI=1S/C11H10ClN5OS/c1-17-10(7(4-15-17)9(13)19)16-11(18)6-2-3-14-5-8(6)12/h2-5H,1H3,(H2,13,19)(H,16,18). The lowest BCUT2D eigenvalue weighted by Gasteiger charge is -2.08. The first kappa shape index (κ1) is 13.4. The first-order chi connectivity index (χ1) is 9.00. The molecule has 3 N–H and O–H groups in total. The lowest BCUT2D eigenvalue weighted by atomic mass is 10.2. The number of hydrogen-bond acceptors (Lipinski definition) is 4. The lowest BCUT2D eigenvalue weighted by molar-refractivity contribution is 0.102. The van der Waals surface area contributed by atoms with E-state index in [2.05, 4.69) is 15.4 Å². The Balaban J connectivity index is 2.32. The molecule has 0 aromatic carbocycles. The van der Waals surface area contributed by atoms with Crippen LogP contribution in [0.4, 0.5) is 5.82 Å². The molecule has 8 heteroatoms. The van der Waals surface area contributed by atoms with Gasteiger partial charge in [-0.05, 0) is 6.07 Å². The van der Waals surface area contributed by atoms with Crippen molar-refractivity contribution in [2.45, 2.75) is 0 Å². The van der Waals surface area contributed by atoms with Gasteiger partial charge in [0.2, 0.25) is 0 Å². The Hall–Kier alpha value is -1.99. The number of aromatic nitrogens is 3. The van der Waals surface area contributed by atoms with Gasteiger partial charge in [0.15, 0.2) is 0 Å². The van der Waals surface area contributed by atoms with Gasteiger partial charge in [0.1, 0.15) is 10.8 Å². The maximum Gasteiger partial charge on any atom is 0.258 e. The Labute approximate surface area is 119 Å². The van der Waals surface area contributed by atoms with Crippen molar-refractivity contribution in [2.75, 3.05) is 5.32 Å². The third-order valence-corrected chi connectivity index (χ3v) is 2.97. The van der Waals surface area contributed by atoms with E-state index in [4.69, 9.17) is 29.6 Å². The molecule has 2 rings (SSSR count). The number of carbonyl (C=O) groups is 1. The highest BCUT2D eigenvalue weighted by atomic mass is 35.5. The van der Waals surface area contributed by atoms with Crippen molar-refractivity contribution in [2.24, 2.45) is 12.8 Å². The summed E-state index contributed by atoms with van der Waals surface area (Å²) in [6.07, 6.45) is 4.37. The van der Waals surface area contributed by atoms with Crippen LogP contribution in [-0.2, 0) is 7.05 Å². The molecule has 1 amide bonds. The molecule has 0 spiro atoms. The van der Waals surface area contributed by atoms with Crippen LogP contribution in [0.25, 0.3) is 0 Å². The molecular weight excluding hydrogens is 286 g/mol. The summed E-state index contributed by atoms with van der Waals surface area (Å²) in [6.45, 7) is 0. The number of nitrogens with one attached hydrogen (secondary N) is 1. The molecule has 0 radical (unpaired) electrons. The van der Waals surface area contributed by atoms with E-state index >= 15 is 0 Å². The topological polar surface area (TPSA) is 85.8 Å². The molecule has 2 aromatic heterocycles. The minimum absolute atomic E-state index is 0.157. The van der Waals surface area contributed by atoms with Crippen molar-refractivity contribution in [3.05, 3.63) is 40.8 Å². The van der Waals surface area contributed by atoms with Crippen LogP contribution in [0.1, 0.15) is 15.9 Å². The third-order valence-electron chi connectivity index (χ3n) is 2.45. The second-order valence-electron chi connectivity index (χ2n) is 3.70. The molecule has 2 aromatic rings. The van der Waals surface area contributed by atoms with Crippen molar-refractivity contribution in [1.29, 1.82) is 0 Å². The van der Waals surface area contributed by atoms with Crippen molar-refractivity contribution in [3.63, 3.8) is 0 Å². The number of rotatable bonds is 3. The number of nitrogens with two attached hydrogens (primary N) is 1. The van der Waals surface area contributed by atoms with Gasteiger partial charge in [-0.1, -0.05) is 23.8 Å². The average molecular weight is 296 g/mol. The Bertz CT molecular complexity index is 654. The SMILES string of the molecule is Cn1ncc(C(N)=S)c1NC(=O)c1ccncc1Cl. The Morgan fingerprint density at radius 3 is 2.84 bits per heavy atom. The number of halogens is 1. The summed E-state index contributed by atoms with van der Waals surface area (Å²) in [5.74, 6) is 0.0406. The highest BCUT2D eigenvalue weighted by Gasteiger charge is 2.16. The van der Waals surface area contributed by atoms with E-state index in [1.165, 1.54) is 29.3 Å². The third kappa shape index (κ3) is 2.72. The van der Waals surface area contributed by atoms with Crippen molar-refractivity contribution in [1.82, 2.24) is 14.8 Å². The minimum Gasteiger partial charge on any atom is -0.389 e. The van der Waals surface area contributed by atoms with E-state index in [1.807, 2.05) is 0 Å². The molecule has 0 bridgehead atoms. The van der Waals surface area contributed by atoms with Crippen molar-refractivity contribution >= 4 is 40.5 Å². The Kier molecular flexibility index (Phi) is 3.77. The largest absolute Gasteiger partial charge is 0.389 e. The van der Waals surface area contributed by atoms with Gasteiger partial charge in [-0.25, -0.2) is 0 Å². The van der Waals surface area contributed by atoms with E-state index in [9.17, 15) is 4.79 Å². The zero-order valence-electron chi connectivity index (χ0n) is 9.92. The monoisotopic (exact) mass is 295 g/mol. The van der Waals surface area contributed by atoms with E-state index in [-0.39, 0.29) is 15.9 Å². The van der Waals surface area contributed by atoms with Crippen LogP contribution in [0.2, 0.25) is 5.02 Å². The molecule has 0 aliphatic rings. The summed E-state index contributed by atoms with van der Waals surface area (Å²) >= 11 is 10.8. The normalized spacial score (nSPS) is 10.2. The van der Waals surface area contributed by atoms with Crippen LogP contribution in [0, 0.1) is 0 Å². The fourth-order valence-corrected chi connectivity index (χ4v) is 1.85. The molecule has 2 heterocycles. The molecule has 98 valence electrons. The van der Waals surface area contributed by atoms with Crippen LogP contribution in [0.15, 0.2) is 24.7 Å². The highest BCUT2D eigenvalue weighted by Crippen LogP contribution is 2.18. The van der Waals surface area contributed by atoms with Gasteiger partial charge in [0, 0.05) is 19.4 Å². The summed E-state index contributed by atoms with van der Waals surface area (Å²) in [7, 11) is 1.67. The minimum atomic E-state index is -0.381. The zero-order valence-corrected chi connectivity index (χ0v) is 11.5. The molecule has 0 saturated heterocycles. The van der Waals surface area contributed by atoms with Crippen molar-refractivity contribution < 1.29 is 4.79 Å². The van der Waals surface area contributed by atoms with E-state index in [0.717, 1.165) is 0 Å². The van der Waals surface area contributed by atoms with Gasteiger partial charge >= 0.3 is 0 Å². The van der Waals surface area contributed by atoms with Crippen LogP contribution in [0.3, 0.4) is 0 Å². The van der Waals surface area contributed by atoms with Crippen LogP contribution in [-0.4, -0.2) is 25.7 Å². The number of carbonyl (C=O) groups excluding carboxylic acids is 1. The fourth-order valence-electron chi connectivity index (χ4n) is 1.50. The van der Waals surface area contributed by atoms with E-state index < -0.39 is 0 Å². The first-order valence-corrected chi connectivity index (χ1v) is 6.02. The maximum atomic E-state index is 12.1. The second kappa shape index (κ2) is 5.33. The van der Waals surface area contributed by atoms with Gasteiger partial charge in [-0.2, -0.15) is 5.10 Å². The maximum absolute atomic E-state index is 12.1. The van der Waals surface area contributed by atoms with Gasteiger partial charge in [-0.15, -0.1) is 0 Å². The molecular formula is C11H10ClN5OS. The number of anilines is 1. The Morgan fingerprint density at radius 2 is 2.21 bits per heavy atom. The van der Waals surface area contributed by atoms with Gasteiger partial charge in [0.05, 0.1) is 22.3 Å². The molecule has 0 aliphatic heterocycles. The molecule has 0 fully saturated rings. The molecule has 0 aliphatic carbocycles. The zero-order chi connectivity index (χ0) is 14.0.